The molecule has 1 fully saturated rings. The Bertz CT molecular complexity index is 880. The van der Waals surface area contributed by atoms with Gasteiger partial charge in [-0.2, -0.15) is 0 Å². The van der Waals surface area contributed by atoms with Crippen LogP contribution >= 0.6 is 0 Å². The number of pyridine rings is 1. The van der Waals surface area contributed by atoms with Crippen LogP contribution in [0.1, 0.15) is 24.1 Å². The van der Waals surface area contributed by atoms with Crippen LogP contribution in [0.3, 0.4) is 0 Å². The Hall–Kier alpha value is -2.39. The molecule has 0 bridgehead atoms. The Labute approximate surface area is 149 Å². The molecule has 3 heteroatoms. The van der Waals surface area contributed by atoms with Gasteiger partial charge >= 0.3 is 0 Å². The highest BCUT2D eigenvalue weighted by molar-refractivity contribution is 5.85. The summed E-state index contributed by atoms with van der Waals surface area (Å²) in [6, 6.07) is 17.1. The Kier molecular flexibility index (Phi) is 4.41. The predicted octanol–water partition coefficient (Wildman–Crippen LogP) is 4.65. The second-order valence-corrected chi connectivity index (χ2v) is 6.89. The molecule has 128 valence electrons. The van der Waals surface area contributed by atoms with Gasteiger partial charge in [0, 0.05) is 11.1 Å². The lowest BCUT2D eigenvalue weighted by atomic mass is 10.0. The molecule has 1 N–H and O–H groups in total. The van der Waals surface area contributed by atoms with Crippen molar-refractivity contribution >= 4 is 10.9 Å². The van der Waals surface area contributed by atoms with Crippen molar-refractivity contribution in [2.75, 3.05) is 13.1 Å². The first-order valence-corrected chi connectivity index (χ1v) is 9.05. The molecule has 25 heavy (non-hydrogen) atoms. The Balaban J connectivity index is 1.56. The second kappa shape index (κ2) is 6.85. The first-order valence-electron chi connectivity index (χ1n) is 9.05. The molecule has 1 saturated heterocycles. The minimum Gasteiger partial charge on any atom is -0.490 e. The monoisotopic (exact) mass is 332 g/mol. The zero-order valence-electron chi connectivity index (χ0n) is 14.9. The fourth-order valence-corrected chi connectivity index (χ4v) is 3.38. The Morgan fingerprint density at radius 2 is 1.64 bits per heavy atom. The standard InChI is InChI=1S/C22H24N2O/c1-15-13-19-4-3-18(14-22(19)24-16(15)2)17-5-7-20(8-6-17)25-21-9-11-23-12-10-21/h3-8,13-14,21,23H,9-12H2,1-2H3. The number of aromatic nitrogens is 1. The molecular formula is C22H24N2O. The average Bonchev–Trinajstić information content (AvgIpc) is 2.64. The van der Waals surface area contributed by atoms with Crippen molar-refractivity contribution in [2.24, 2.45) is 0 Å². The fourth-order valence-electron chi connectivity index (χ4n) is 3.38. The summed E-state index contributed by atoms with van der Waals surface area (Å²) in [5.74, 6) is 0.959. The number of ether oxygens (including phenoxy) is 1. The topological polar surface area (TPSA) is 34.1 Å². The number of fused-ring (bicyclic) bond motifs is 1. The van der Waals surface area contributed by atoms with Gasteiger partial charge in [-0.05, 0) is 80.7 Å². The summed E-state index contributed by atoms with van der Waals surface area (Å²) in [5.41, 5.74) is 5.77. The van der Waals surface area contributed by atoms with Crippen LogP contribution < -0.4 is 10.1 Å². The third-order valence-corrected chi connectivity index (χ3v) is 5.04. The number of nitrogens with zero attached hydrogens (tertiary/aromatic N) is 1. The van der Waals surface area contributed by atoms with Gasteiger partial charge in [0.05, 0.1) is 5.52 Å². The molecule has 1 aliphatic heterocycles. The molecule has 1 aliphatic rings. The van der Waals surface area contributed by atoms with Crippen LogP contribution in [-0.4, -0.2) is 24.2 Å². The fraction of sp³-hybridized carbons (Fsp3) is 0.318. The van der Waals surface area contributed by atoms with E-state index < -0.39 is 0 Å². The van der Waals surface area contributed by atoms with Gasteiger partial charge in [-0.15, -0.1) is 0 Å². The smallest absolute Gasteiger partial charge is 0.119 e. The van der Waals surface area contributed by atoms with Crippen LogP contribution in [0, 0.1) is 13.8 Å². The molecule has 1 aromatic heterocycles. The van der Waals surface area contributed by atoms with Gasteiger partial charge in [-0.25, -0.2) is 0 Å². The third-order valence-electron chi connectivity index (χ3n) is 5.04. The number of piperidine rings is 1. The molecule has 0 radical (unpaired) electrons. The Morgan fingerprint density at radius 3 is 2.40 bits per heavy atom. The van der Waals surface area contributed by atoms with Crippen LogP contribution in [0.25, 0.3) is 22.0 Å². The molecule has 0 unspecified atom stereocenters. The number of hydrogen-bond donors (Lipinski definition) is 1. The minimum atomic E-state index is 0.336. The molecule has 0 aliphatic carbocycles. The lowest BCUT2D eigenvalue weighted by molar-refractivity contribution is 0.162. The molecule has 2 heterocycles. The van der Waals surface area contributed by atoms with E-state index in [0.29, 0.717) is 6.10 Å². The van der Waals surface area contributed by atoms with E-state index in [1.54, 1.807) is 0 Å². The van der Waals surface area contributed by atoms with Gasteiger partial charge in [0.15, 0.2) is 0 Å². The van der Waals surface area contributed by atoms with E-state index in [2.05, 4.69) is 67.7 Å². The summed E-state index contributed by atoms with van der Waals surface area (Å²) in [7, 11) is 0. The highest BCUT2D eigenvalue weighted by atomic mass is 16.5. The van der Waals surface area contributed by atoms with Crippen molar-refractivity contribution < 1.29 is 4.74 Å². The summed E-state index contributed by atoms with van der Waals surface area (Å²) >= 11 is 0. The molecule has 0 amide bonds. The number of benzene rings is 2. The van der Waals surface area contributed by atoms with Crippen LogP contribution in [0.15, 0.2) is 48.5 Å². The van der Waals surface area contributed by atoms with Crippen LogP contribution in [0.5, 0.6) is 5.75 Å². The van der Waals surface area contributed by atoms with Gasteiger partial charge in [0.1, 0.15) is 11.9 Å². The van der Waals surface area contributed by atoms with Crippen molar-refractivity contribution in [2.45, 2.75) is 32.8 Å². The van der Waals surface area contributed by atoms with Crippen molar-refractivity contribution in [1.82, 2.24) is 10.3 Å². The molecule has 0 spiro atoms. The van der Waals surface area contributed by atoms with E-state index in [0.717, 1.165) is 42.9 Å². The quantitative estimate of drug-likeness (QED) is 0.758. The van der Waals surface area contributed by atoms with Gasteiger partial charge in [-0.1, -0.05) is 24.3 Å². The van der Waals surface area contributed by atoms with Crippen LogP contribution in [-0.2, 0) is 0 Å². The lowest BCUT2D eigenvalue weighted by Crippen LogP contribution is -2.34. The number of nitrogens with one attached hydrogen (secondary N) is 1. The number of hydrogen-bond acceptors (Lipinski definition) is 3. The second-order valence-electron chi connectivity index (χ2n) is 6.89. The van der Waals surface area contributed by atoms with E-state index in [1.807, 2.05) is 0 Å². The van der Waals surface area contributed by atoms with Gasteiger partial charge < -0.3 is 10.1 Å². The number of aryl methyl sites for hydroxylation is 2. The van der Waals surface area contributed by atoms with E-state index in [-0.39, 0.29) is 0 Å². The van der Waals surface area contributed by atoms with Gasteiger partial charge in [-0.3, -0.25) is 4.98 Å². The van der Waals surface area contributed by atoms with E-state index in [4.69, 9.17) is 9.72 Å². The lowest BCUT2D eigenvalue weighted by Gasteiger charge is -2.23. The maximum absolute atomic E-state index is 6.09. The van der Waals surface area contributed by atoms with E-state index in [9.17, 15) is 0 Å². The average molecular weight is 332 g/mol. The first-order chi connectivity index (χ1) is 12.2. The van der Waals surface area contributed by atoms with Crippen LogP contribution in [0.4, 0.5) is 0 Å². The summed E-state index contributed by atoms with van der Waals surface area (Å²) in [4.78, 5) is 4.73. The Morgan fingerprint density at radius 1 is 0.920 bits per heavy atom. The summed E-state index contributed by atoms with van der Waals surface area (Å²) in [6.07, 6.45) is 2.50. The molecular weight excluding hydrogens is 308 g/mol. The van der Waals surface area contributed by atoms with E-state index in [1.165, 1.54) is 22.1 Å². The van der Waals surface area contributed by atoms with E-state index >= 15 is 0 Å². The maximum Gasteiger partial charge on any atom is 0.119 e. The SMILES string of the molecule is Cc1cc2ccc(-c3ccc(OC4CCNCC4)cc3)cc2nc1C. The molecule has 3 nitrogen and oxygen atoms in total. The molecule has 3 aromatic rings. The summed E-state index contributed by atoms with van der Waals surface area (Å²) in [5, 5.41) is 4.56. The summed E-state index contributed by atoms with van der Waals surface area (Å²) in [6.45, 7) is 6.27. The first kappa shape index (κ1) is 16.1. The molecule has 0 atom stereocenters. The summed E-state index contributed by atoms with van der Waals surface area (Å²) < 4.78 is 6.09. The largest absolute Gasteiger partial charge is 0.490 e. The highest BCUT2D eigenvalue weighted by Crippen LogP contribution is 2.27. The van der Waals surface area contributed by atoms with Crippen molar-refractivity contribution in [3.05, 3.63) is 59.8 Å². The van der Waals surface area contributed by atoms with Gasteiger partial charge in [0.25, 0.3) is 0 Å². The maximum atomic E-state index is 6.09. The zero-order chi connectivity index (χ0) is 17.2. The molecule has 4 rings (SSSR count). The normalized spacial score (nSPS) is 15.4. The predicted molar refractivity (Wildman–Crippen MR) is 103 cm³/mol. The molecule has 0 saturated carbocycles. The van der Waals surface area contributed by atoms with Crippen molar-refractivity contribution in [3.63, 3.8) is 0 Å². The molecule has 2 aromatic carbocycles. The van der Waals surface area contributed by atoms with Crippen LogP contribution in [0.2, 0.25) is 0 Å². The van der Waals surface area contributed by atoms with Crippen molar-refractivity contribution in [3.8, 4) is 16.9 Å². The minimum absolute atomic E-state index is 0.336. The van der Waals surface area contributed by atoms with Crippen molar-refractivity contribution in [1.29, 1.82) is 0 Å². The zero-order valence-corrected chi connectivity index (χ0v) is 14.9. The number of rotatable bonds is 3. The third kappa shape index (κ3) is 3.52. The highest BCUT2D eigenvalue weighted by Gasteiger charge is 2.14. The van der Waals surface area contributed by atoms with Gasteiger partial charge in [0.2, 0.25) is 0 Å².